The van der Waals surface area contributed by atoms with Gasteiger partial charge < -0.3 is 24.4 Å². The Morgan fingerprint density at radius 1 is 1.00 bits per heavy atom. The molecular weight excluding hydrogens is 450 g/mol. The second-order valence-corrected chi connectivity index (χ2v) is 8.64. The number of carboxylic acids is 1. The average molecular weight is 475 g/mol. The molecule has 2 aliphatic rings. The molecule has 2 heterocycles. The van der Waals surface area contributed by atoms with Gasteiger partial charge in [0.1, 0.15) is 31.6 Å². The van der Waals surface area contributed by atoms with Crippen LogP contribution in [-0.2, 0) is 24.4 Å². The number of rotatable bonds is 5. The Labute approximate surface area is 202 Å². The number of nitrogens with zero attached hydrogens (tertiary/aromatic N) is 1. The highest BCUT2D eigenvalue weighted by atomic mass is 16.6. The molecule has 3 aromatic rings. The van der Waals surface area contributed by atoms with E-state index in [0.717, 1.165) is 49.8 Å². The fourth-order valence-corrected chi connectivity index (χ4v) is 4.60. The molecule has 1 atom stereocenters. The topological polar surface area (TPSA) is 106 Å². The number of carbonyl (C=O) groups is 2. The smallest absolute Gasteiger partial charge is 0.408 e. The second kappa shape index (κ2) is 9.21. The van der Waals surface area contributed by atoms with E-state index in [9.17, 15) is 19.8 Å². The average Bonchev–Trinajstić information content (AvgIpc) is 2.86. The van der Waals surface area contributed by atoms with Crippen molar-refractivity contribution in [1.82, 2.24) is 4.90 Å². The van der Waals surface area contributed by atoms with Gasteiger partial charge in [0.2, 0.25) is 0 Å². The van der Waals surface area contributed by atoms with Crippen LogP contribution in [0.15, 0.2) is 54.6 Å². The molecule has 8 nitrogen and oxygen atoms in total. The van der Waals surface area contributed by atoms with Gasteiger partial charge in [0.05, 0.1) is 6.54 Å². The van der Waals surface area contributed by atoms with E-state index < -0.39 is 18.1 Å². The molecule has 0 spiro atoms. The quantitative estimate of drug-likeness (QED) is 0.560. The van der Waals surface area contributed by atoms with Crippen molar-refractivity contribution in [2.24, 2.45) is 0 Å². The molecule has 0 radical (unpaired) electrons. The molecule has 0 bridgehead atoms. The van der Waals surface area contributed by atoms with Crippen LogP contribution >= 0.6 is 0 Å². The number of carboxylic acid groups (broad SMARTS) is 2. The molecule has 0 aromatic heterocycles. The molecule has 8 heteroatoms. The van der Waals surface area contributed by atoms with Gasteiger partial charge in [-0.2, -0.15) is 0 Å². The summed E-state index contributed by atoms with van der Waals surface area (Å²) in [5, 5.41) is 18.8. The summed E-state index contributed by atoms with van der Waals surface area (Å²) in [6, 6.07) is 16.3. The van der Waals surface area contributed by atoms with Crippen LogP contribution in [0, 0.1) is 6.92 Å². The molecule has 180 valence electrons. The van der Waals surface area contributed by atoms with Crippen LogP contribution in [0.25, 0.3) is 11.1 Å². The Morgan fingerprint density at radius 3 is 2.57 bits per heavy atom. The number of hydrogen-bond donors (Lipinski definition) is 2. The second-order valence-electron chi connectivity index (χ2n) is 8.64. The molecule has 1 amide bonds. The van der Waals surface area contributed by atoms with Crippen molar-refractivity contribution >= 4 is 12.1 Å². The summed E-state index contributed by atoms with van der Waals surface area (Å²) in [4.78, 5) is 24.0. The number of benzene rings is 3. The van der Waals surface area contributed by atoms with E-state index in [4.69, 9.17) is 14.2 Å². The first-order valence-electron chi connectivity index (χ1n) is 11.4. The van der Waals surface area contributed by atoms with Gasteiger partial charge in [-0.05, 0) is 64.6 Å². The van der Waals surface area contributed by atoms with E-state index in [1.54, 1.807) is 12.1 Å². The minimum Gasteiger partial charge on any atom is -0.489 e. The van der Waals surface area contributed by atoms with Gasteiger partial charge >= 0.3 is 12.1 Å². The largest absolute Gasteiger partial charge is 0.489 e. The third kappa shape index (κ3) is 4.47. The van der Waals surface area contributed by atoms with E-state index in [-0.39, 0.29) is 13.0 Å². The molecule has 0 fully saturated rings. The summed E-state index contributed by atoms with van der Waals surface area (Å²) in [5.74, 6) is 0.948. The van der Waals surface area contributed by atoms with Gasteiger partial charge in [-0.1, -0.05) is 30.3 Å². The minimum atomic E-state index is -1.25. The monoisotopic (exact) mass is 475 g/mol. The van der Waals surface area contributed by atoms with Crippen molar-refractivity contribution in [3.63, 3.8) is 0 Å². The number of hydrogen-bond acceptors (Lipinski definition) is 5. The molecule has 0 saturated heterocycles. The van der Waals surface area contributed by atoms with Gasteiger partial charge in [0, 0.05) is 6.42 Å². The van der Waals surface area contributed by atoms with Crippen molar-refractivity contribution in [1.29, 1.82) is 0 Å². The maximum atomic E-state index is 11.6. The SMILES string of the molecule is Cc1c(COc2ccc3c(c2)CN(C(=O)O)[C@H](C(=O)O)C3)cccc1-c1ccc2c(c1)OCCO2. The number of fused-ring (bicyclic) bond motifs is 2. The van der Waals surface area contributed by atoms with E-state index in [0.29, 0.717) is 25.6 Å². The van der Waals surface area contributed by atoms with Crippen LogP contribution in [-0.4, -0.2) is 46.4 Å². The van der Waals surface area contributed by atoms with Gasteiger partial charge in [-0.3, -0.25) is 4.90 Å². The van der Waals surface area contributed by atoms with Crippen LogP contribution in [0.4, 0.5) is 4.79 Å². The summed E-state index contributed by atoms with van der Waals surface area (Å²) in [7, 11) is 0. The maximum Gasteiger partial charge on any atom is 0.408 e. The molecule has 0 aliphatic carbocycles. The highest BCUT2D eigenvalue weighted by Gasteiger charge is 2.34. The molecule has 3 aromatic carbocycles. The fraction of sp³-hybridized carbons (Fsp3) is 0.259. The predicted molar refractivity (Wildman–Crippen MR) is 127 cm³/mol. The summed E-state index contributed by atoms with van der Waals surface area (Å²) in [6.07, 6.45) is -1.12. The van der Waals surface area contributed by atoms with Gasteiger partial charge in [-0.25, -0.2) is 9.59 Å². The van der Waals surface area contributed by atoms with Gasteiger partial charge in [-0.15, -0.1) is 0 Å². The van der Waals surface area contributed by atoms with Crippen molar-refractivity contribution in [2.45, 2.75) is 32.5 Å². The van der Waals surface area contributed by atoms with Gasteiger partial charge in [0.15, 0.2) is 11.5 Å². The lowest BCUT2D eigenvalue weighted by Gasteiger charge is -2.32. The Hall–Kier alpha value is -4.20. The third-order valence-electron chi connectivity index (χ3n) is 6.53. The van der Waals surface area contributed by atoms with Crippen molar-refractivity contribution in [3.8, 4) is 28.4 Å². The standard InChI is InChI=1S/C27H25NO7/c1-16-19(3-2-4-22(16)18-6-8-24-25(13-18)34-10-9-33-24)15-35-21-7-5-17-12-23(26(29)30)28(27(31)32)14-20(17)11-21/h2-8,11,13,23H,9-10,12,14-15H2,1H3,(H,29,30)(H,31,32)/t23-/m0/s1. The van der Waals surface area contributed by atoms with Crippen molar-refractivity contribution in [2.75, 3.05) is 13.2 Å². The molecule has 2 aliphatic heterocycles. The van der Waals surface area contributed by atoms with E-state index in [2.05, 4.69) is 13.0 Å². The molecule has 5 rings (SSSR count). The predicted octanol–water partition coefficient (Wildman–Crippen LogP) is 4.50. The zero-order valence-corrected chi connectivity index (χ0v) is 19.2. The Kier molecular flexibility index (Phi) is 5.94. The van der Waals surface area contributed by atoms with Crippen LogP contribution in [0.2, 0.25) is 0 Å². The fourth-order valence-electron chi connectivity index (χ4n) is 4.60. The molecule has 0 unspecified atom stereocenters. The highest BCUT2D eigenvalue weighted by Crippen LogP contribution is 2.36. The summed E-state index contributed by atoms with van der Waals surface area (Å²) < 4.78 is 17.4. The van der Waals surface area contributed by atoms with Crippen LogP contribution < -0.4 is 14.2 Å². The molecule has 2 N–H and O–H groups in total. The number of aliphatic carboxylic acids is 1. The Balaban J connectivity index is 1.34. The number of ether oxygens (including phenoxy) is 3. The van der Waals surface area contributed by atoms with Crippen LogP contribution in [0.1, 0.15) is 22.3 Å². The van der Waals surface area contributed by atoms with Crippen molar-refractivity contribution in [3.05, 3.63) is 76.9 Å². The molecule has 0 saturated carbocycles. The number of amides is 1. The van der Waals surface area contributed by atoms with Gasteiger partial charge in [0.25, 0.3) is 0 Å². The first-order chi connectivity index (χ1) is 16.9. The maximum absolute atomic E-state index is 11.6. The lowest BCUT2D eigenvalue weighted by atomic mass is 9.94. The van der Waals surface area contributed by atoms with Crippen molar-refractivity contribution < 1.29 is 34.0 Å². The third-order valence-corrected chi connectivity index (χ3v) is 6.53. The summed E-state index contributed by atoms with van der Waals surface area (Å²) in [6.45, 7) is 3.48. The minimum absolute atomic E-state index is 0.0114. The Morgan fingerprint density at radius 2 is 1.80 bits per heavy atom. The van der Waals surface area contributed by atoms with E-state index in [1.807, 2.05) is 36.4 Å². The zero-order valence-electron chi connectivity index (χ0n) is 19.2. The first-order valence-corrected chi connectivity index (χ1v) is 11.4. The molecule has 35 heavy (non-hydrogen) atoms. The normalized spacial score (nSPS) is 16.4. The Bertz CT molecular complexity index is 1300. The molecular formula is C27H25NO7. The highest BCUT2D eigenvalue weighted by molar-refractivity contribution is 5.80. The van der Waals surface area contributed by atoms with Crippen LogP contribution in [0.5, 0.6) is 17.2 Å². The first kappa shape index (κ1) is 22.6. The van der Waals surface area contributed by atoms with E-state index >= 15 is 0 Å². The van der Waals surface area contributed by atoms with E-state index in [1.165, 1.54) is 0 Å². The summed E-state index contributed by atoms with van der Waals surface area (Å²) >= 11 is 0. The lowest BCUT2D eigenvalue weighted by Crippen LogP contribution is -2.48. The van der Waals surface area contributed by atoms with Crippen LogP contribution in [0.3, 0.4) is 0 Å². The zero-order chi connectivity index (χ0) is 24.5. The lowest BCUT2D eigenvalue weighted by molar-refractivity contribution is -0.143. The summed E-state index contributed by atoms with van der Waals surface area (Å²) in [5.41, 5.74) is 5.79.